The van der Waals surface area contributed by atoms with E-state index in [1.807, 2.05) is 25.7 Å². The molecule has 9 heteroatoms. The normalized spacial score (nSPS) is 22.4. The molecule has 0 aliphatic carbocycles. The number of sulfonamides is 1. The highest BCUT2D eigenvalue weighted by atomic mass is 32.2. The van der Waals surface area contributed by atoms with Crippen LogP contribution in [0.5, 0.6) is 0 Å². The highest BCUT2D eigenvalue weighted by Gasteiger charge is 2.48. The monoisotopic (exact) mass is 437 g/mol. The van der Waals surface area contributed by atoms with Gasteiger partial charge in [0.2, 0.25) is 10.0 Å². The van der Waals surface area contributed by atoms with Gasteiger partial charge in [-0.25, -0.2) is 18.4 Å². The van der Waals surface area contributed by atoms with E-state index in [9.17, 15) is 18.0 Å². The molecule has 1 spiro atoms. The average Bonchev–Trinajstić information content (AvgIpc) is 3.03. The third kappa shape index (κ3) is 4.62. The van der Waals surface area contributed by atoms with Crippen molar-refractivity contribution in [1.29, 1.82) is 0 Å². The van der Waals surface area contributed by atoms with E-state index in [4.69, 9.17) is 9.88 Å². The van der Waals surface area contributed by atoms with Crippen LogP contribution in [0.3, 0.4) is 0 Å². The van der Waals surface area contributed by atoms with Crippen molar-refractivity contribution in [2.45, 2.75) is 69.4 Å². The van der Waals surface area contributed by atoms with E-state index in [-0.39, 0.29) is 16.9 Å². The number of aryl methyl sites for hydroxylation is 1. The molecule has 0 radical (unpaired) electrons. The molecule has 2 fully saturated rings. The molecular formula is C21H31N3O5S. The molecule has 2 saturated heterocycles. The average molecular weight is 438 g/mol. The number of benzene rings is 1. The fourth-order valence-corrected chi connectivity index (χ4v) is 5.20. The number of nitrogens with two attached hydrogens (primary N) is 1. The minimum absolute atomic E-state index is 0.0179. The van der Waals surface area contributed by atoms with E-state index in [2.05, 4.69) is 0 Å². The third-order valence-corrected chi connectivity index (χ3v) is 6.88. The smallest absolute Gasteiger partial charge is 0.410 e. The Balaban J connectivity index is 1.83. The van der Waals surface area contributed by atoms with Crippen LogP contribution >= 0.6 is 0 Å². The molecule has 3 rings (SSSR count). The number of nitrogens with zero attached hydrogens (tertiary/aromatic N) is 2. The second-order valence-corrected chi connectivity index (χ2v) is 10.8. The summed E-state index contributed by atoms with van der Waals surface area (Å²) < 4.78 is 28.9. The lowest BCUT2D eigenvalue weighted by Crippen LogP contribution is -2.56. The minimum atomic E-state index is -3.84. The fraction of sp³-hybridized carbons (Fsp3) is 0.619. The van der Waals surface area contributed by atoms with Crippen LogP contribution in [-0.2, 0) is 14.8 Å². The van der Waals surface area contributed by atoms with Crippen LogP contribution in [0.2, 0.25) is 0 Å². The number of piperidine rings is 1. The van der Waals surface area contributed by atoms with Gasteiger partial charge in [0.1, 0.15) is 5.60 Å². The molecule has 1 unspecified atom stereocenters. The second kappa shape index (κ2) is 7.85. The van der Waals surface area contributed by atoms with Gasteiger partial charge in [0.15, 0.2) is 0 Å². The summed E-state index contributed by atoms with van der Waals surface area (Å²) in [4.78, 5) is 29.5. The van der Waals surface area contributed by atoms with Crippen LogP contribution in [-0.4, -0.2) is 61.0 Å². The lowest BCUT2D eigenvalue weighted by molar-refractivity contribution is 0.0171. The Kier molecular flexibility index (Phi) is 5.90. The van der Waals surface area contributed by atoms with Gasteiger partial charge in [-0.2, -0.15) is 0 Å². The lowest BCUT2D eigenvalue weighted by Gasteiger charge is -2.45. The standard InChI is InChI=1S/C21H31N3O5S/c1-15-13-16(7-8-17(15)30(22,27)28)18(25)24-11-6-5-9-21(24)10-12-23(14-21)19(26)29-20(2,3)4/h7-8,13H,5-6,9-12,14H2,1-4H3,(H2,22,27,28). The molecule has 8 nitrogen and oxygen atoms in total. The van der Waals surface area contributed by atoms with Gasteiger partial charge >= 0.3 is 6.09 Å². The summed E-state index contributed by atoms with van der Waals surface area (Å²) in [5, 5.41) is 5.24. The second-order valence-electron chi connectivity index (χ2n) is 9.32. The van der Waals surface area contributed by atoms with Gasteiger partial charge in [0, 0.05) is 25.2 Å². The number of ether oxygens (including phenoxy) is 1. The van der Waals surface area contributed by atoms with Crippen LogP contribution < -0.4 is 5.14 Å². The summed E-state index contributed by atoms with van der Waals surface area (Å²) >= 11 is 0. The molecule has 2 N–H and O–H groups in total. The molecular weight excluding hydrogens is 406 g/mol. The summed E-state index contributed by atoms with van der Waals surface area (Å²) in [7, 11) is -3.84. The number of likely N-dealkylation sites (tertiary alicyclic amines) is 2. The van der Waals surface area contributed by atoms with E-state index in [1.54, 1.807) is 17.9 Å². The van der Waals surface area contributed by atoms with Crippen LogP contribution in [0.1, 0.15) is 62.4 Å². The van der Waals surface area contributed by atoms with Gasteiger partial charge in [-0.3, -0.25) is 4.79 Å². The van der Waals surface area contributed by atoms with E-state index in [1.165, 1.54) is 12.1 Å². The minimum Gasteiger partial charge on any atom is -0.444 e. The lowest BCUT2D eigenvalue weighted by atomic mass is 9.85. The molecule has 166 valence electrons. The fourth-order valence-electron chi connectivity index (χ4n) is 4.43. The van der Waals surface area contributed by atoms with Gasteiger partial charge in [0.05, 0.1) is 10.4 Å². The number of primary sulfonamides is 1. The largest absolute Gasteiger partial charge is 0.444 e. The van der Waals surface area contributed by atoms with Gasteiger partial charge in [0.25, 0.3) is 5.91 Å². The molecule has 1 atom stereocenters. The Bertz CT molecular complexity index is 954. The SMILES string of the molecule is Cc1cc(C(=O)N2CCCCC23CCN(C(=O)OC(C)(C)C)C3)ccc1S(N)(=O)=O. The maximum atomic E-state index is 13.4. The topological polar surface area (TPSA) is 110 Å². The van der Waals surface area contributed by atoms with E-state index >= 15 is 0 Å². The number of carbonyl (C=O) groups excluding carboxylic acids is 2. The molecule has 0 bridgehead atoms. The summed E-state index contributed by atoms with van der Waals surface area (Å²) in [5.74, 6) is -0.148. The molecule has 0 aromatic heterocycles. The Labute approximate surface area is 178 Å². The summed E-state index contributed by atoms with van der Waals surface area (Å²) in [6.45, 7) is 8.73. The molecule has 2 aliphatic heterocycles. The van der Waals surface area contributed by atoms with Crippen molar-refractivity contribution in [3.05, 3.63) is 29.3 Å². The molecule has 2 amide bonds. The van der Waals surface area contributed by atoms with E-state index in [0.717, 1.165) is 19.3 Å². The predicted molar refractivity (Wildman–Crippen MR) is 113 cm³/mol. The van der Waals surface area contributed by atoms with Crippen molar-refractivity contribution in [3.8, 4) is 0 Å². The maximum absolute atomic E-state index is 13.4. The van der Waals surface area contributed by atoms with Crippen LogP contribution in [0.15, 0.2) is 23.1 Å². The Morgan fingerprint density at radius 1 is 1.13 bits per heavy atom. The number of rotatable bonds is 2. The molecule has 1 aromatic carbocycles. The summed E-state index contributed by atoms with van der Waals surface area (Å²) in [6.07, 6.45) is 3.06. The molecule has 1 aromatic rings. The predicted octanol–water partition coefficient (Wildman–Crippen LogP) is 2.65. The van der Waals surface area contributed by atoms with Crippen LogP contribution in [0.25, 0.3) is 0 Å². The van der Waals surface area contributed by atoms with E-state index < -0.39 is 21.2 Å². The van der Waals surface area contributed by atoms with Crippen molar-refractivity contribution < 1.29 is 22.7 Å². The first-order valence-corrected chi connectivity index (χ1v) is 11.8. The Hall–Kier alpha value is -2.13. The third-order valence-electron chi connectivity index (χ3n) is 5.80. The number of amides is 2. The van der Waals surface area contributed by atoms with Gasteiger partial charge in [-0.05, 0) is 77.1 Å². The van der Waals surface area contributed by atoms with Gasteiger partial charge < -0.3 is 14.5 Å². The van der Waals surface area contributed by atoms with Crippen molar-refractivity contribution >= 4 is 22.0 Å². The maximum Gasteiger partial charge on any atom is 0.410 e. The first-order chi connectivity index (χ1) is 13.8. The van der Waals surface area contributed by atoms with Crippen molar-refractivity contribution in [1.82, 2.24) is 9.80 Å². The van der Waals surface area contributed by atoms with Gasteiger partial charge in [-0.1, -0.05) is 0 Å². The zero-order valence-corrected chi connectivity index (χ0v) is 18.9. The molecule has 2 heterocycles. The van der Waals surface area contributed by atoms with E-state index in [0.29, 0.717) is 37.2 Å². The van der Waals surface area contributed by atoms with Crippen molar-refractivity contribution in [3.63, 3.8) is 0 Å². The first-order valence-electron chi connectivity index (χ1n) is 10.3. The highest BCUT2D eigenvalue weighted by molar-refractivity contribution is 7.89. The Morgan fingerprint density at radius 3 is 2.43 bits per heavy atom. The quantitative estimate of drug-likeness (QED) is 0.765. The zero-order valence-electron chi connectivity index (χ0n) is 18.1. The zero-order chi connectivity index (χ0) is 22.3. The Morgan fingerprint density at radius 2 is 1.83 bits per heavy atom. The van der Waals surface area contributed by atoms with Gasteiger partial charge in [-0.15, -0.1) is 0 Å². The molecule has 30 heavy (non-hydrogen) atoms. The summed E-state index contributed by atoms with van der Waals surface area (Å²) in [6, 6.07) is 4.47. The van der Waals surface area contributed by atoms with Crippen LogP contribution in [0, 0.1) is 6.92 Å². The number of hydrogen-bond acceptors (Lipinski definition) is 5. The first kappa shape index (κ1) is 22.6. The van der Waals surface area contributed by atoms with Crippen molar-refractivity contribution in [2.75, 3.05) is 19.6 Å². The van der Waals surface area contributed by atoms with Crippen molar-refractivity contribution in [2.24, 2.45) is 5.14 Å². The highest BCUT2D eigenvalue weighted by Crippen LogP contribution is 2.38. The molecule has 2 aliphatic rings. The summed E-state index contributed by atoms with van der Waals surface area (Å²) in [5.41, 5.74) is -0.121. The molecule has 0 saturated carbocycles. The van der Waals surface area contributed by atoms with Crippen LogP contribution in [0.4, 0.5) is 4.79 Å². The number of hydrogen-bond donors (Lipinski definition) is 1. The number of carbonyl (C=O) groups is 2.